The molecule has 0 aliphatic carbocycles. The van der Waals surface area contributed by atoms with Crippen LogP contribution in [0.2, 0.25) is 0 Å². The highest BCUT2D eigenvalue weighted by atomic mass is 16.2. The van der Waals surface area contributed by atoms with Crippen LogP contribution in [-0.4, -0.2) is 60.8 Å². The fraction of sp³-hybridized carbons (Fsp3) is 0.706. The first kappa shape index (κ1) is 17.1. The van der Waals surface area contributed by atoms with Crippen LogP contribution in [0.1, 0.15) is 50.2 Å². The first-order valence-corrected chi connectivity index (χ1v) is 9.04. The first-order chi connectivity index (χ1) is 11.8. The molecule has 1 aliphatic heterocycles. The number of likely N-dealkylation sites (tertiary alicyclic amines) is 1. The predicted molar refractivity (Wildman–Crippen MR) is 91.8 cm³/mol. The molecule has 0 bridgehead atoms. The van der Waals surface area contributed by atoms with Crippen LogP contribution in [0.5, 0.6) is 0 Å². The van der Waals surface area contributed by atoms with Crippen LogP contribution in [0, 0.1) is 0 Å². The highest BCUT2D eigenvalue weighted by Crippen LogP contribution is 2.27. The zero-order valence-electron chi connectivity index (χ0n) is 14.5. The Labute approximate surface area is 143 Å². The summed E-state index contributed by atoms with van der Waals surface area (Å²) in [5, 5.41) is 22.1. The highest BCUT2D eigenvalue weighted by molar-refractivity contribution is 5.04. The van der Waals surface area contributed by atoms with E-state index in [0.717, 1.165) is 63.5 Å². The molecule has 0 amide bonds. The van der Waals surface area contributed by atoms with Gasteiger partial charge in [-0.3, -0.25) is 4.68 Å². The lowest BCUT2D eigenvalue weighted by atomic mass is 9.95. The Morgan fingerprint density at radius 3 is 2.71 bits per heavy atom. The summed E-state index contributed by atoms with van der Waals surface area (Å²) in [4.78, 5) is 2.50. The Hall–Kier alpha value is -1.73. The van der Waals surface area contributed by atoms with Crippen LogP contribution < -0.4 is 0 Å². The number of hydrogen-bond donors (Lipinski definition) is 1. The molecule has 1 N–H and O–H groups in total. The van der Waals surface area contributed by atoms with Gasteiger partial charge in [0.1, 0.15) is 12.4 Å². The number of aliphatic hydroxyl groups is 1. The van der Waals surface area contributed by atoms with Crippen molar-refractivity contribution < 1.29 is 5.11 Å². The third kappa shape index (κ3) is 4.02. The Balaban J connectivity index is 1.60. The molecule has 1 fully saturated rings. The molecule has 3 rings (SSSR count). The SMILES string of the molecule is CCn1c(Cn2cccn2)nnc1C1CCN(CCCCO)CC1. The number of aliphatic hydroxyl groups excluding tert-OH is 1. The van der Waals surface area contributed by atoms with E-state index in [2.05, 4.69) is 31.7 Å². The maximum atomic E-state index is 8.90. The lowest BCUT2D eigenvalue weighted by Crippen LogP contribution is -2.34. The van der Waals surface area contributed by atoms with Crippen LogP contribution in [0.3, 0.4) is 0 Å². The topological polar surface area (TPSA) is 72.0 Å². The second-order valence-corrected chi connectivity index (χ2v) is 6.47. The fourth-order valence-corrected chi connectivity index (χ4v) is 3.51. The summed E-state index contributed by atoms with van der Waals surface area (Å²) < 4.78 is 4.15. The van der Waals surface area contributed by atoms with Gasteiger partial charge in [0.25, 0.3) is 0 Å². The summed E-state index contributed by atoms with van der Waals surface area (Å²) in [7, 11) is 0. The first-order valence-electron chi connectivity index (χ1n) is 9.04. The predicted octanol–water partition coefficient (Wildman–Crippen LogP) is 1.49. The smallest absolute Gasteiger partial charge is 0.154 e. The zero-order chi connectivity index (χ0) is 16.8. The van der Waals surface area contributed by atoms with Crippen molar-refractivity contribution in [2.45, 2.75) is 51.6 Å². The molecule has 132 valence electrons. The number of nitrogens with zero attached hydrogens (tertiary/aromatic N) is 6. The number of piperidine rings is 1. The molecule has 1 saturated heterocycles. The van der Waals surface area contributed by atoms with Gasteiger partial charge in [-0.15, -0.1) is 10.2 Å². The molecule has 0 aromatic carbocycles. The molecule has 0 saturated carbocycles. The molecule has 0 atom stereocenters. The molecule has 0 unspecified atom stereocenters. The average molecular weight is 332 g/mol. The van der Waals surface area contributed by atoms with Crippen molar-refractivity contribution in [1.29, 1.82) is 0 Å². The zero-order valence-corrected chi connectivity index (χ0v) is 14.5. The molecule has 24 heavy (non-hydrogen) atoms. The number of aromatic nitrogens is 5. The van der Waals surface area contributed by atoms with Crippen LogP contribution in [0.25, 0.3) is 0 Å². The lowest BCUT2D eigenvalue weighted by molar-refractivity contribution is 0.195. The van der Waals surface area contributed by atoms with Crippen LogP contribution >= 0.6 is 0 Å². The highest BCUT2D eigenvalue weighted by Gasteiger charge is 2.25. The van der Waals surface area contributed by atoms with Crippen LogP contribution in [-0.2, 0) is 13.1 Å². The summed E-state index contributed by atoms with van der Waals surface area (Å²) in [6, 6.07) is 1.93. The van der Waals surface area contributed by atoms with E-state index in [1.165, 1.54) is 0 Å². The monoisotopic (exact) mass is 332 g/mol. The molecule has 0 radical (unpaired) electrons. The van der Waals surface area contributed by atoms with E-state index < -0.39 is 0 Å². The van der Waals surface area contributed by atoms with Gasteiger partial charge in [0, 0.05) is 31.5 Å². The molecule has 7 heteroatoms. The molecular formula is C17H28N6O. The average Bonchev–Trinajstić information content (AvgIpc) is 3.26. The van der Waals surface area contributed by atoms with Crippen LogP contribution in [0.4, 0.5) is 0 Å². The fourth-order valence-electron chi connectivity index (χ4n) is 3.51. The molecule has 2 aromatic rings. The second kappa shape index (κ2) is 8.39. The second-order valence-electron chi connectivity index (χ2n) is 6.47. The summed E-state index contributed by atoms with van der Waals surface area (Å²) in [5.41, 5.74) is 0. The maximum absolute atomic E-state index is 8.90. The standard InChI is InChI=1S/C17H28N6O/c1-2-23-16(14-22-10-5-8-18-22)19-20-17(23)15-6-11-21(12-7-15)9-3-4-13-24/h5,8,10,15,24H,2-4,6-7,9,11-14H2,1H3. The summed E-state index contributed by atoms with van der Waals surface area (Å²) in [6.45, 7) is 7.35. The minimum atomic E-state index is 0.301. The van der Waals surface area contributed by atoms with Gasteiger partial charge in [-0.25, -0.2) is 0 Å². The van der Waals surface area contributed by atoms with E-state index in [4.69, 9.17) is 5.11 Å². The van der Waals surface area contributed by atoms with Gasteiger partial charge in [0.15, 0.2) is 5.82 Å². The minimum Gasteiger partial charge on any atom is -0.396 e. The Morgan fingerprint density at radius 1 is 1.21 bits per heavy atom. The molecule has 1 aliphatic rings. The van der Waals surface area contributed by atoms with E-state index in [9.17, 15) is 0 Å². The third-order valence-electron chi connectivity index (χ3n) is 4.87. The van der Waals surface area contributed by atoms with Gasteiger partial charge >= 0.3 is 0 Å². The van der Waals surface area contributed by atoms with Gasteiger partial charge in [-0.2, -0.15) is 5.10 Å². The lowest BCUT2D eigenvalue weighted by Gasteiger charge is -2.31. The normalized spacial score (nSPS) is 16.8. The van der Waals surface area contributed by atoms with E-state index >= 15 is 0 Å². The van der Waals surface area contributed by atoms with E-state index in [-0.39, 0.29) is 0 Å². The largest absolute Gasteiger partial charge is 0.396 e. The third-order valence-corrected chi connectivity index (χ3v) is 4.87. The summed E-state index contributed by atoms with van der Waals surface area (Å²) >= 11 is 0. The van der Waals surface area contributed by atoms with Gasteiger partial charge in [-0.1, -0.05) is 0 Å². The quantitative estimate of drug-likeness (QED) is 0.742. The van der Waals surface area contributed by atoms with Crippen molar-refractivity contribution in [2.75, 3.05) is 26.2 Å². The molecular weight excluding hydrogens is 304 g/mol. The van der Waals surface area contributed by atoms with E-state index in [1.807, 2.05) is 16.9 Å². The molecule has 7 nitrogen and oxygen atoms in total. The molecule has 2 aromatic heterocycles. The Morgan fingerprint density at radius 2 is 2.04 bits per heavy atom. The van der Waals surface area contributed by atoms with Gasteiger partial charge < -0.3 is 14.6 Å². The molecule has 3 heterocycles. The van der Waals surface area contributed by atoms with E-state index in [1.54, 1.807) is 6.20 Å². The van der Waals surface area contributed by atoms with Gasteiger partial charge in [-0.05, 0) is 58.3 Å². The van der Waals surface area contributed by atoms with Crippen molar-refractivity contribution in [1.82, 2.24) is 29.4 Å². The van der Waals surface area contributed by atoms with Crippen molar-refractivity contribution in [2.24, 2.45) is 0 Å². The van der Waals surface area contributed by atoms with Crippen molar-refractivity contribution in [3.63, 3.8) is 0 Å². The van der Waals surface area contributed by atoms with E-state index in [0.29, 0.717) is 19.1 Å². The maximum Gasteiger partial charge on any atom is 0.154 e. The van der Waals surface area contributed by atoms with Crippen molar-refractivity contribution in [3.8, 4) is 0 Å². The Kier molecular flexibility index (Phi) is 5.98. The number of unbranched alkanes of at least 4 members (excludes halogenated alkanes) is 1. The Bertz CT molecular complexity index is 601. The molecule has 0 spiro atoms. The number of hydrogen-bond acceptors (Lipinski definition) is 5. The summed E-state index contributed by atoms with van der Waals surface area (Å²) in [6.07, 6.45) is 8.01. The van der Waals surface area contributed by atoms with Crippen LogP contribution in [0.15, 0.2) is 18.5 Å². The van der Waals surface area contributed by atoms with Crippen molar-refractivity contribution >= 4 is 0 Å². The summed E-state index contributed by atoms with van der Waals surface area (Å²) in [5.74, 6) is 2.62. The van der Waals surface area contributed by atoms with Crippen molar-refractivity contribution in [3.05, 3.63) is 30.1 Å². The number of rotatable bonds is 8. The van der Waals surface area contributed by atoms with Gasteiger partial charge in [0.05, 0.1) is 0 Å². The van der Waals surface area contributed by atoms with Gasteiger partial charge in [0.2, 0.25) is 0 Å². The minimum absolute atomic E-state index is 0.301.